The lowest BCUT2D eigenvalue weighted by Crippen LogP contribution is -2.26. The van der Waals surface area contributed by atoms with Crippen LogP contribution >= 0.6 is 0 Å². The van der Waals surface area contributed by atoms with Crippen molar-refractivity contribution in [2.24, 2.45) is 5.92 Å². The molecular weight excluding hydrogens is 476 g/mol. The summed E-state index contributed by atoms with van der Waals surface area (Å²) in [5.41, 5.74) is 3.40. The molecule has 0 saturated heterocycles. The van der Waals surface area contributed by atoms with Gasteiger partial charge in [-0.2, -0.15) is 8.42 Å². The van der Waals surface area contributed by atoms with Gasteiger partial charge >= 0.3 is 5.69 Å². The van der Waals surface area contributed by atoms with Gasteiger partial charge in [0.25, 0.3) is 10.1 Å². The second-order valence-electron chi connectivity index (χ2n) is 9.38. The average Bonchev–Trinajstić information content (AvgIpc) is 3.33. The zero-order valence-corrected chi connectivity index (χ0v) is 21.0. The Morgan fingerprint density at radius 3 is 2.06 bits per heavy atom. The second-order valence-corrected chi connectivity index (χ2v) is 10.8. The number of rotatable bonds is 8. The number of para-hydroxylation sites is 4. The number of nitrogens with zero attached hydrogens (tertiary/aromatic N) is 4. The molecule has 1 N–H and O–H groups in total. The molecule has 0 amide bonds. The molecule has 0 fully saturated rings. The van der Waals surface area contributed by atoms with E-state index in [4.69, 9.17) is 4.98 Å². The summed E-state index contributed by atoms with van der Waals surface area (Å²) in [6.07, 6.45) is 0.983. The molecule has 0 atom stereocenters. The third-order valence-corrected chi connectivity index (χ3v) is 7.42. The highest BCUT2D eigenvalue weighted by atomic mass is 32.2. The van der Waals surface area contributed by atoms with Crippen LogP contribution in [-0.2, 0) is 29.8 Å². The normalized spacial score (nSPS) is 12.2. The average molecular weight is 505 g/mol. The Morgan fingerprint density at radius 1 is 0.806 bits per heavy atom. The van der Waals surface area contributed by atoms with Gasteiger partial charge < -0.3 is 4.57 Å². The van der Waals surface area contributed by atoms with E-state index >= 15 is 0 Å². The van der Waals surface area contributed by atoms with Gasteiger partial charge in [-0.25, -0.2) is 9.78 Å². The Hall–Kier alpha value is -3.69. The molecule has 2 aromatic heterocycles. The van der Waals surface area contributed by atoms with Crippen molar-refractivity contribution in [3.8, 4) is 0 Å². The van der Waals surface area contributed by atoms with E-state index in [0.29, 0.717) is 17.0 Å². The Kier molecular flexibility index (Phi) is 6.27. The molecule has 0 radical (unpaired) electrons. The lowest BCUT2D eigenvalue weighted by molar-refractivity contribution is 0.481. The molecule has 0 aliphatic rings. The number of imidazole rings is 2. The van der Waals surface area contributed by atoms with E-state index in [-0.39, 0.29) is 23.7 Å². The van der Waals surface area contributed by atoms with Gasteiger partial charge in [-0.3, -0.25) is 13.7 Å². The van der Waals surface area contributed by atoms with E-state index in [9.17, 15) is 17.8 Å². The molecule has 186 valence electrons. The molecule has 0 unspecified atom stereocenters. The fourth-order valence-electron chi connectivity index (χ4n) is 4.66. The van der Waals surface area contributed by atoms with Crippen LogP contribution in [0.3, 0.4) is 0 Å². The summed E-state index contributed by atoms with van der Waals surface area (Å²) in [6.45, 7) is 5.44. The third kappa shape index (κ3) is 4.47. The van der Waals surface area contributed by atoms with Gasteiger partial charge in [0.2, 0.25) is 0 Å². The summed E-state index contributed by atoms with van der Waals surface area (Å²) in [5.74, 6) is 1.31. The molecule has 0 aliphatic carbocycles. The third-order valence-electron chi connectivity index (χ3n) is 6.47. The molecule has 5 aromatic rings. The van der Waals surface area contributed by atoms with Gasteiger partial charge in [0.15, 0.2) is 0 Å². The van der Waals surface area contributed by atoms with Crippen molar-refractivity contribution in [2.45, 2.75) is 44.8 Å². The molecule has 3 aromatic carbocycles. The maximum atomic E-state index is 13.7. The van der Waals surface area contributed by atoms with Crippen LogP contribution in [0.15, 0.2) is 82.5 Å². The van der Waals surface area contributed by atoms with Crippen LogP contribution < -0.4 is 5.69 Å². The fourth-order valence-corrected chi connectivity index (χ4v) is 5.37. The van der Waals surface area contributed by atoms with Crippen LogP contribution in [0.25, 0.3) is 22.1 Å². The van der Waals surface area contributed by atoms with Crippen molar-refractivity contribution in [1.82, 2.24) is 18.7 Å². The summed E-state index contributed by atoms with van der Waals surface area (Å²) >= 11 is 0. The van der Waals surface area contributed by atoms with E-state index in [1.54, 1.807) is 27.3 Å². The monoisotopic (exact) mass is 504 g/mol. The van der Waals surface area contributed by atoms with E-state index in [2.05, 4.69) is 18.4 Å². The Morgan fingerprint density at radius 2 is 1.39 bits per heavy atom. The Balaban J connectivity index is 1.63. The van der Waals surface area contributed by atoms with Crippen molar-refractivity contribution in [2.75, 3.05) is 0 Å². The van der Waals surface area contributed by atoms with Crippen LogP contribution in [-0.4, -0.2) is 31.7 Å². The standard InChI is InChI=1S/C27H28N4O4S/c1-19(2)15-16-29-22-11-5-4-10-21(22)28-26(29)18-31-24-13-7-6-12-23(24)30(27(31)32)17-20-9-3-8-14-25(20)36(33,34)35/h3-14,19H,15-18H2,1-2H3,(H,33,34,35). The van der Waals surface area contributed by atoms with E-state index in [0.717, 1.165) is 35.3 Å². The highest BCUT2D eigenvalue weighted by molar-refractivity contribution is 7.85. The molecule has 0 saturated carbocycles. The molecule has 36 heavy (non-hydrogen) atoms. The van der Waals surface area contributed by atoms with Crippen molar-refractivity contribution in [1.29, 1.82) is 0 Å². The van der Waals surface area contributed by atoms with E-state index in [1.807, 2.05) is 48.5 Å². The molecule has 0 spiro atoms. The SMILES string of the molecule is CC(C)CCn1c(Cn2c(=O)n(Cc3ccccc3S(=O)(=O)O)c3ccccc32)nc2ccccc21. The summed E-state index contributed by atoms with van der Waals surface area (Å²) < 4.78 is 38.9. The number of aromatic nitrogens is 4. The van der Waals surface area contributed by atoms with Crippen LogP contribution in [0.1, 0.15) is 31.7 Å². The first-order valence-corrected chi connectivity index (χ1v) is 13.4. The summed E-state index contributed by atoms with van der Waals surface area (Å²) in [7, 11) is -4.43. The van der Waals surface area contributed by atoms with E-state index < -0.39 is 10.1 Å². The van der Waals surface area contributed by atoms with Gasteiger partial charge in [-0.1, -0.05) is 56.3 Å². The van der Waals surface area contributed by atoms with Crippen LogP contribution in [0, 0.1) is 5.92 Å². The van der Waals surface area contributed by atoms with Gasteiger partial charge in [-0.05, 0) is 48.2 Å². The van der Waals surface area contributed by atoms with Crippen molar-refractivity contribution >= 4 is 32.2 Å². The predicted octanol–water partition coefficient (Wildman–Crippen LogP) is 4.54. The second kappa shape index (κ2) is 9.40. The largest absolute Gasteiger partial charge is 0.329 e. The minimum atomic E-state index is -4.43. The number of hydrogen-bond acceptors (Lipinski definition) is 4. The Labute approximate surface area is 209 Å². The zero-order valence-electron chi connectivity index (χ0n) is 20.2. The van der Waals surface area contributed by atoms with E-state index in [1.165, 1.54) is 6.07 Å². The topological polar surface area (TPSA) is 99.1 Å². The molecule has 8 nitrogen and oxygen atoms in total. The Bertz CT molecular complexity index is 1730. The molecule has 2 heterocycles. The molecule has 5 rings (SSSR count). The quantitative estimate of drug-likeness (QED) is 0.313. The van der Waals surface area contributed by atoms with Crippen molar-refractivity contribution in [3.63, 3.8) is 0 Å². The summed E-state index contributed by atoms with van der Waals surface area (Å²) in [5, 5.41) is 0. The molecule has 9 heteroatoms. The number of fused-ring (bicyclic) bond motifs is 2. The first-order valence-electron chi connectivity index (χ1n) is 11.9. The minimum absolute atomic E-state index is 0.00603. The number of hydrogen-bond donors (Lipinski definition) is 1. The maximum absolute atomic E-state index is 13.7. The zero-order chi connectivity index (χ0) is 25.4. The maximum Gasteiger partial charge on any atom is 0.329 e. The van der Waals surface area contributed by atoms with Crippen LogP contribution in [0.5, 0.6) is 0 Å². The number of benzene rings is 3. The summed E-state index contributed by atoms with van der Waals surface area (Å²) in [4.78, 5) is 18.4. The first-order chi connectivity index (χ1) is 17.2. The smallest absolute Gasteiger partial charge is 0.326 e. The highest BCUT2D eigenvalue weighted by Gasteiger charge is 2.20. The van der Waals surface area contributed by atoms with Gasteiger partial charge in [0.05, 0.1) is 40.1 Å². The first kappa shape index (κ1) is 24.0. The molecule has 0 aliphatic heterocycles. The predicted molar refractivity (Wildman–Crippen MR) is 140 cm³/mol. The van der Waals surface area contributed by atoms with Crippen molar-refractivity contribution < 1.29 is 13.0 Å². The van der Waals surface area contributed by atoms with Gasteiger partial charge in [0.1, 0.15) is 5.82 Å². The molecule has 0 bridgehead atoms. The summed E-state index contributed by atoms with van der Waals surface area (Å²) in [6, 6.07) is 21.6. The number of aryl methyl sites for hydroxylation is 1. The minimum Gasteiger partial charge on any atom is -0.326 e. The molecular formula is C27H28N4O4S. The van der Waals surface area contributed by atoms with Crippen LogP contribution in [0.4, 0.5) is 0 Å². The van der Waals surface area contributed by atoms with Gasteiger partial charge in [-0.15, -0.1) is 0 Å². The lowest BCUT2D eigenvalue weighted by atomic mass is 10.1. The van der Waals surface area contributed by atoms with Gasteiger partial charge in [0, 0.05) is 6.54 Å². The fraction of sp³-hybridized carbons (Fsp3) is 0.259. The highest BCUT2D eigenvalue weighted by Crippen LogP contribution is 2.22. The lowest BCUT2D eigenvalue weighted by Gasteiger charge is -2.11. The van der Waals surface area contributed by atoms with Crippen LogP contribution in [0.2, 0.25) is 0 Å². The van der Waals surface area contributed by atoms with Crippen molar-refractivity contribution in [3.05, 3.63) is 94.7 Å².